The minimum absolute atomic E-state index is 0. The first-order valence-corrected chi connectivity index (χ1v) is 6.80. The molecule has 0 amide bonds. The first-order valence-electron chi connectivity index (χ1n) is 6.42. The number of likely N-dealkylation sites (N-methyl/N-ethyl adjacent to an activating group) is 1. The van der Waals surface area contributed by atoms with E-state index in [4.69, 9.17) is 11.6 Å². The predicted molar refractivity (Wildman–Crippen MR) is 82.7 cm³/mol. The van der Waals surface area contributed by atoms with Crippen LogP contribution >= 0.6 is 24.0 Å². The highest BCUT2D eigenvalue weighted by atomic mass is 35.5. The van der Waals surface area contributed by atoms with Gasteiger partial charge in [-0.3, -0.25) is 15.0 Å². The highest BCUT2D eigenvalue weighted by Gasteiger charge is 2.20. The Bertz CT molecular complexity index is 471. The zero-order valence-electron chi connectivity index (χ0n) is 11.3. The highest BCUT2D eigenvalue weighted by molar-refractivity contribution is 6.31. The third-order valence-corrected chi connectivity index (χ3v) is 3.92. The molecule has 0 radical (unpaired) electrons. The van der Waals surface area contributed by atoms with E-state index in [1.807, 2.05) is 7.05 Å². The van der Waals surface area contributed by atoms with Gasteiger partial charge in [0.25, 0.3) is 5.69 Å². The van der Waals surface area contributed by atoms with E-state index in [-0.39, 0.29) is 23.0 Å². The van der Waals surface area contributed by atoms with Gasteiger partial charge in [0.05, 0.1) is 4.92 Å². The minimum atomic E-state index is -0.383. The van der Waals surface area contributed by atoms with Crippen LogP contribution in [0.1, 0.15) is 18.4 Å². The van der Waals surface area contributed by atoms with Crippen molar-refractivity contribution in [1.82, 2.24) is 10.2 Å². The van der Waals surface area contributed by atoms with Crippen molar-refractivity contribution >= 4 is 29.7 Å². The fourth-order valence-electron chi connectivity index (χ4n) is 2.47. The summed E-state index contributed by atoms with van der Waals surface area (Å²) in [5.74, 6) is 0. The van der Waals surface area contributed by atoms with Gasteiger partial charge in [-0.15, -0.1) is 12.4 Å². The molecule has 1 unspecified atom stereocenters. The Kier molecular flexibility index (Phi) is 6.68. The lowest BCUT2D eigenvalue weighted by atomic mass is 10.0. The zero-order chi connectivity index (χ0) is 13.8. The number of likely N-dealkylation sites (tertiary alicyclic amines) is 1. The van der Waals surface area contributed by atoms with Crippen LogP contribution in [0.2, 0.25) is 5.02 Å². The zero-order valence-corrected chi connectivity index (χ0v) is 12.9. The molecular weight excluding hydrogens is 301 g/mol. The first-order chi connectivity index (χ1) is 9.10. The van der Waals surface area contributed by atoms with Gasteiger partial charge in [-0.25, -0.2) is 0 Å². The third-order valence-electron chi connectivity index (χ3n) is 3.55. The van der Waals surface area contributed by atoms with Gasteiger partial charge in [-0.1, -0.05) is 11.6 Å². The summed E-state index contributed by atoms with van der Waals surface area (Å²) < 4.78 is 0. The van der Waals surface area contributed by atoms with Gasteiger partial charge >= 0.3 is 0 Å². The van der Waals surface area contributed by atoms with Crippen LogP contribution in [-0.2, 0) is 6.54 Å². The van der Waals surface area contributed by atoms with Crippen LogP contribution in [-0.4, -0.2) is 36.0 Å². The lowest BCUT2D eigenvalue weighted by Crippen LogP contribution is -2.43. The average Bonchev–Trinajstić information content (AvgIpc) is 2.41. The number of nitro benzene ring substituents is 1. The van der Waals surface area contributed by atoms with Gasteiger partial charge in [0.15, 0.2) is 0 Å². The number of nitro groups is 1. The molecule has 0 spiro atoms. The fraction of sp³-hybridized carbons (Fsp3) is 0.538. The highest BCUT2D eigenvalue weighted by Crippen LogP contribution is 2.24. The Morgan fingerprint density at radius 2 is 2.30 bits per heavy atom. The van der Waals surface area contributed by atoms with Crippen molar-refractivity contribution in [2.24, 2.45) is 0 Å². The number of benzene rings is 1. The Hall–Kier alpha value is -0.880. The molecule has 1 aliphatic rings. The van der Waals surface area contributed by atoms with E-state index in [1.165, 1.54) is 12.5 Å². The standard InChI is InChI=1S/C13H18ClN3O2.ClH/c1-15-11-3-2-6-16(9-11)8-10-7-12(17(18)19)4-5-13(10)14;/h4-5,7,11,15H,2-3,6,8-9H2,1H3;1H. The summed E-state index contributed by atoms with van der Waals surface area (Å²) in [4.78, 5) is 12.7. The summed E-state index contributed by atoms with van der Waals surface area (Å²) in [5.41, 5.74) is 0.925. The van der Waals surface area contributed by atoms with Crippen molar-refractivity contribution in [3.8, 4) is 0 Å². The molecule has 0 saturated carbocycles. The van der Waals surface area contributed by atoms with Crippen LogP contribution in [0.4, 0.5) is 5.69 Å². The molecule has 0 aliphatic carbocycles. The quantitative estimate of drug-likeness (QED) is 0.684. The second-order valence-electron chi connectivity index (χ2n) is 4.90. The second kappa shape index (κ2) is 7.78. The molecular formula is C13H19Cl2N3O2. The summed E-state index contributed by atoms with van der Waals surface area (Å²) in [7, 11) is 1.97. The minimum Gasteiger partial charge on any atom is -0.316 e. The Morgan fingerprint density at radius 3 is 2.95 bits per heavy atom. The summed E-state index contributed by atoms with van der Waals surface area (Å²) in [6.45, 7) is 2.63. The van der Waals surface area contributed by atoms with Gasteiger partial charge in [0.2, 0.25) is 0 Å². The maximum Gasteiger partial charge on any atom is 0.269 e. The van der Waals surface area contributed by atoms with E-state index >= 15 is 0 Å². The largest absolute Gasteiger partial charge is 0.316 e. The Labute approximate surface area is 129 Å². The number of nitrogens with zero attached hydrogens (tertiary/aromatic N) is 2. The Morgan fingerprint density at radius 1 is 1.55 bits per heavy atom. The number of rotatable bonds is 4. The lowest BCUT2D eigenvalue weighted by Gasteiger charge is -2.32. The lowest BCUT2D eigenvalue weighted by molar-refractivity contribution is -0.384. The van der Waals surface area contributed by atoms with Crippen molar-refractivity contribution in [3.63, 3.8) is 0 Å². The van der Waals surface area contributed by atoms with Gasteiger partial charge in [0, 0.05) is 36.3 Å². The van der Waals surface area contributed by atoms with Crippen molar-refractivity contribution in [2.45, 2.75) is 25.4 Å². The molecule has 1 aliphatic heterocycles. The molecule has 20 heavy (non-hydrogen) atoms. The van der Waals surface area contributed by atoms with Crippen molar-refractivity contribution in [2.75, 3.05) is 20.1 Å². The molecule has 1 heterocycles. The molecule has 1 aromatic rings. The molecule has 1 aromatic carbocycles. The third kappa shape index (κ3) is 4.31. The first kappa shape index (κ1) is 17.2. The van der Waals surface area contributed by atoms with Crippen LogP contribution in [0.25, 0.3) is 0 Å². The molecule has 2 rings (SSSR count). The van der Waals surface area contributed by atoms with E-state index in [0.29, 0.717) is 17.6 Å². The summed E-state index contributed by atoms with van der Waals surface area (Å²) in [6, 6.07) is 5.12. The molecule has 1 atom stereocenters. The molecule has 0 aromatic heterocycles. The Balaban J connectivity index is 0.00000200. The van der Waals surface area contributed by atoms with Crippen LogP contribution in [0.3, 0.4) is 0 Å². The maximum absolute atomic E-state index is 10.8. The summed E-state index contributed by atoms with van der Waals surface area (Å²) >= 11 is 6.13. The molecule has 0 bridgehead atoms. The van der Waals surface area contributed by atoms with Crippen molar-refractivity contribution in [3.05, 3.63) is 38.9 Å². The van der Waals surface area contributed by atoms with Crippen LogP contribution < -0.4 is 5.32 Å². The fourth-order valence-corrected chi connectivity index (χ4v) is 2.65. The number of nitrogens with one attached hydrogen (secondary N) is 1. The SMILES string of the molecule is CNC1CCCN(Cc2cc([N+](=O)[O-])ccc2Cl)C1.Cl. The van der Waals surface area contributed by atoms with Crippen LogP contribution in [0.15, 0.2) is 18.2 Å². The smallest absolute Gasteiger partial charge is 0.269 e. The van der Waals surface area contributed by atoms with Crippen LogP contribution in [0.5, 0.6) is 0 Å². The number of piperidine rings is 1. The molecule has 1 saturated heterocycles. The van der Waals surface area contributed by atoms with Gasteiger partial charge in [0.1, 0.15) is 0 Å². The van der Waals surface area contributed by atoms with Gasteiger partial charge in [-0.2, -0.15) is 0 Å². The van der Waals surface area contributed by atoms with Crippen LogP contribution in [0, 0.1) is 10.1 Å². The maximum atomic E-state index is 10.8. The van der Waals surface area contributed by atoms with Gasteiger partial charge in [-0.05, 0) is 38.1 Å². The van der Waals surface area contributed by atoms with E-state index in [2.05, 4.69) is 10.2 Å². The summed E-state index contributed by atoms with van der Waals surface area (Å²) in [6.07, 6.45) is 2.31. The number of halogens is 2. The van der Waals surface area contributed by atoms with E-state index in [0.717, 1.165) is 25.1 Å². The summed E-state index contributed by atoms with van der Waals surface area (Å²) in [5, 5.41) is 14.7. The van der Waals surface area contributed by atoms with Crippen molar-refractivity contribution in [1.29, 1.82) is 0 Å². The van der Waals surface area contributed by atoms with E-state index in [1.54, 1.807) is 12.1 Å². The monoisotopic (exact) mass is 319 g/mol. The van der Waals surface area contributed by atoms with Gasteiger partial charge < -0.3 is 5.32 Å². The average molecular weight is 320 g/mol. The molecule has 7 heteroatoms. The molecule has 1 fully saturated rings. The predicted octanol–water partition coefficient (Wildman–Crippen LogP) is 2.85. The topological polar surface area (TPSA) is 58.4 Å². The molecule has 5 nitrogen and oxygen atoms in total. The number of non-ortho nitro benzene ring substituents is 1. The van der Waals surface area contributed by atoms with Crippen molar-refractivity contribution < 1.29 is 4.92 Å². The molecule has 1 N–H and O–H groups in total. The number of hydrogen-bond acceptors (Lipinski definition) is 4. The number of hydrogen-bond donors (Lipinski definition) is 1. The normalized spacial score (nSPS) is 19.4. The van der Waals surface area contributed by atoms with E-state index < -0.39 is 0 Å². The van der Waals surface area contributed by atoms with E-state index in [9.17, 15) is 10.1 Å². The second-order valence-corrected chi connectivity index (χ2v) is 5.30. The molecule has 112 valence electrons.